The van der Waals surface area contributed by atoms with Gasteiger partial charge in [0, 0.05) is 6.04 Å². The highest BCUT2D eigenvalue weighted by Gasteiger charge is 2.40. The molecule has 1 aliphatic heterocycles. The summed E-state index contributed by atoms with van der Waals surface area (Å²) in [5, 5.41) is 16.9. The lowest BCUT2D eigenvalue weighted by Gasteiger charge is -2.35. The number of nitrogens with one attached hydrogen (secondary N) is 1. The first-order chi connectivity index (χ1) is 9.58. The number of carbonyl (C=O) groups is 1. The van der Waals surface area contributed by atoms with Gasteiger partial charge in [0.25, 0.3) is 0 Å². The Balaban J connectivity index is 2.15. The van der Waals surface area contributed by atoms with Gasteiger partial charge < -0.3 is 16.2 Å². The number of phenols is 1. The minimum absolute atomic E-state index is 0.138. The maximum atomic E-state index is 11.8. The second kappa shape index (κ2) is 4.52. The first kappa shape index (κ1) is 12.5. The van der Waals surface area contributed by atoms with Crippen molar-refractivity contribution in [2.24, 2.45) is 11.7 Å². The van der Waals surface area contributed by atoms with E-state index >= 15 is 0 Å². The fourth-order valence-electron chi connectivity index (χ4n) is 2.74. The van der Waals surface area contributed by atoms with E-state index in [1.165, 1.54) is 6.33 Å². The summed E-state index contributed by atoms with van der Waals surface area (Å²) >= 11 is 0. The van der Waals surface area contributed by atoms with E-state index in [2.05, 4.69) is 15.4 Å². The zero-order chi connectivity index (χ0) is 14.3. The van der Waals surface area contributed by atoms with E-state index < -0.39 is 11.8 Å². The van der Waals surface area contributed by atoms with Crippen LogP contribution in [0.2, 0.25) is 0 Å². The Labute approximate surface area is 115 Å². The van der Waals surface area contributed by atoms with Crippen molar-refractivity contribution in [3.05, 3.63) is 36.2 Å². The van der Waals surface area contributed by atoms with Gasteiger partial charge in [0.05, 0.1) is 12.0 Å². The van der Waals surface area contributed by atoms with Crippen LogP contribution in [0.3, 0.4) is 0 Å². The highest BCUT2D eigenvalue weighted by molar-refractivity contribution is 5.79. The van der Waals surface area contributed by atoms with Crippen molar-refractivity contribution in [1.82, 2.24) is 14.8 Å². The number of hydrogen-bond donors (Lipinski definition) is 3. The molecule has 7 heteroatoms. The van der Waals surface area contributed by atoms with Crippen molar-refractivity contribution >= 4 is 11.9 Å². The van der Waals surface area contributed by atoms with Gasteiger partial charge in [-0.05, 0) is 24.6 Å². The molecule has 20 heavy (non-hydrogen) atoms. The fraction of sp³-hybridized carbons (Fsp3) is 0.308. The van der Waals surface area contributed by atoms with Crippen molar-refractivity contribution in [1.29, 1.82) is 0 Å². The summed E-state index contributed by atoms with van der Waals surface area (Å²) in [6.45, 7) is 1.88. The normalized spacial score (nSPS) is 24.8. The lowest BCUT2D eigenvalue weighted by atomic mass is 9.85. The molecule has 1 aromatic heterocycles. The van der Waals surface area contributed by atoms with Crippen LogP contribution in [-0.2, 0) is 4.79 Å². The molecule has 1 amide bonds. The van der Waals surface area contributed by atoms with Gasteiger partial charge in [-0.15, -0.1) is 0 Å². The van der Waals surface area contributed by atoms with Gasteiger partial charge in [-0.2, -0.15) is 10.1 Å². The minimum Gasteiger partial charge on any atom is -0.508 e. The van der Waals surface area contributed by atoms with Gasteiger partial charge in [-0.25, -0.2) is 4.68 Å². The Morgan fingerprint density at radius 1 is 1.50 bits per heavy atom. The van der Waals surface area contributed by atoms with Crippen molar-refractivity contribution < 1.29 is 9.90 Å². The minimum atomic E-state index is -0.481. The molecule has 0 spiro atoms. The van der Waals surface area contributed by atoms with Crippen molar-refractivity contribution in [2.75, 3.05) is 5.32 Å². The van der Waals surface area contributed by atoms with E-state index in [0.29, 0.717) is 5.95 Å². The topological polar surface area (TPSA) is 106 Å². The molecule has 3 rings (SSSR count). The summed E-state index contributed by atoms with van der Waals surface area (Å²) in [5.41, 5.74) is 6.32. The van der Waals surface area contributed by atoms with Gasteiger partial charge in [-0.3, -0.25) is 4.79 Å². The molecule has 0 bridgehead atoms. The van der Waals surface area contributed by atoms with Crippen molar-refractivity contribution in [3.63, 3.8) is 0 Å². The standard InChI is InChI=1S/C13H15N5O2/c1-7-10(12(14)20)11(8-3-2-4-9(19)5-8)18-13(17-7)15-6-16-18/h2-7,10-11,19H,1H3,(H2,14,20)(H,15,16,17)/t7-,10+,11+/m0/s1. The third-order valence-corrected chi connectivity index (χ3v) is 3.61. The fourth-order valence-corrected chi connectivity index (χ4v) is 2.74. The van der Waals surface area contributed by atoms with Crippen LogP contribution in [0.4, 0.5) is 5.95 Å². The van der Waals surface area contributed by atoms with E-state index in [-0.39, 0.29) is 17.8 Å². The van der Waals surface area contributed by atoms with Crippen LogP contribution in [0.1, 0.15) is 18.5 Å². The molecule has 3 atom stereocenters. The van der Waals surface area contributed by atoms with Crippen LogP contribution in [0.15, 0.2) is 30.6 Å². The lowest BCUT2D eigenvalue weighted by Crippen LogP contribution is -2.47. The van der Waals surface area contributed by atoms with Gasteiger partial charge in [0.15, 0.2) is 0 Å². The SMILES string of the molecule is C[C@@H]1Nc2ncnn2[C@H](c2cccc(O)c2)[C@@H]1C(N)=O. The van der Waals surface area contributed by atoms with Crippen LogP contribution in [0, 0.1) is 5.92 Å². The number of primary amides is 1. The number of phenolic OH excluding ortho intramolecular Hbond substituents is 1. The summed E-state index contributed by atoms with van der Waals surface area (Å²) in [4.78, 5) is 15.9. The zero-order valence-electron chi connectivity index (χ0n) is 10.9. The smallest absolute Gasteiger partial charge is 0.225 e. The number of benzene rings is 1. The summed E-state index contributed by atoms with van der Waals surface area (Å²) < 4.78 is 1.63. The number of aromatic nitrogens is 3. The Kier molecular flexibility index (Phi) is 2.81. The van der Waals surface area contributed by atoms with Crippen LogP contribution in [-0.4, -0.2) is 31.8 Å². The number of amides is 1. The quantitative estimate of drug-likeness (QED) is 0.738. The summed E-state index contributed by atoms with van der Waals surface area (Å²) in [6, 6.07) is 6.21. The highest BCUT2D eigenvalue weighted by Crippen LogP contribution is 2.36. The van der Waals surface area contributed by atoms with Crippen LogP contribution in [0.25, 0.3) is 0 Å². The molecule has 0 fully saturated rings. The van der Waals surface area contributed by atoms with Gasteiger partial charge >= 0.3 is 0 Å². The number of nitrogens with zero attached hydrogens (tertiary/aromatic N) is 3. The van der Waals surface area contributed by atoms with E-state index in [9.17, 15) is 9.90 Å². The largest absolute Gasteiger partial charge is 0.508 e. The predicted octanol–water partition coefficient (Wildman–Crippen LogP) is 0.489. The monoisotopic (exact) mass is 273 g/mol. The molecule has 2 heterocycles. The Morgan fingerprint density at radius 2 is 2.30 bits per heavy atom. The highest BCUT2D eigenvalue weighted by atomic mass is 16.3. The molecule has 4 N–H and O–H groups in total. The number of anilines is 1. The molecular weight excluding hydrogens is 258 g/mol. The first-order valence-electron chi connectivity index (χ1n) is 6.32. The zero-order valence-corrected chi connectivity index (χ0v) is 10.9. The molecule has 0 radical (unpaired) electrons. The van der Waals surface area contributed by atoms with Gasteiger partial charge in [0.2, 0.25) is 11.9 Å². The number of nitrogens with two attached hydrogens (primary N) is 1. The summed E-state index contributed by atoms with van der Waals surface area (Å²) in [5.74, 6) is -0.174. The molecule has 0 aliphatic carbocycles. The third kappa shape index (κ3) is 1.87. The molecule has 1 aliphatic rings. The lowest BCUT2D eigenvalue weighted by molar-refractivity contribution is -0.123. The van der Waals surface area contributed by atoms with Crippen molar-refractivity contribution in [3.8, 4) is 5.75 Å². The Hall–Kier alpha value is -2.57. The number of fused-ring (bicyclic) bond motifs is 1. The maximum absolute atomic E-state index is 11.8. The van der Waals surface area contributed by atoms with Crippen LogP contribution < -0.4 is 11.1 Å². The molecule has 0 unspecified atom stereocenters. The first-order valence-corrected chi connectivity index (χ1v) is 6.32. The number of hydrogen-bond acceptors (Lipinski definition) is 5. The molecular formula is C13H15N5O2. The van der Waals surface area contributed by atoms with Crippen LogP contribution >= 0.6 is 0 Å². The third-order valence-electron chi connectivity index (χ3n) is 3.61. The van der Waals surface area contributed by atoms with Crippen LogP contribution in [0.5, 0.6) is 5.75 Å². The molecule has 2 aromatic rings. The van der Waals surface area contributed by atoms with Gasteiger partial charge in [0.1, 0.15) is 12.1 Å². The Morgan fingerprint density at radius 3 is 3.00 bits per heavy atom. The molecule has 7 nitrogen and oxygen atoms in total. The Bertz CT molecular complexity index is 654. The van der Waals surface area contributed by atoms with Crippen molar-refractivity contribution in [2.45, 2.75) is 19.0 Å². The second-order valence-corrected chi connectivity index (χ2v) is 4.93. The van der Waals surface area contributed by atoms with E-state index in [0.717, 1.165) is 5.56 Å². The number of aromatic hydroxyl groups is 1. The molecule has 0 saturated carbocycles. The predicted molar refractivity (Wildman–Crippen MR) is 72.0 cm³/mol. The number of carbonyl (C=O) groups excluding carboxylic acids is 1. The molecule has 0 saturated heterocycles. The van der Waals surface area contributed by atoms with E-state index in [4.69, 9.17) is 5.73 Å². The maximum Gasteiger partial charge on any atom is 0.225 e. The average Bonchev–Trinajstić information content (AvgIpc) is 2.84. The molecule has 1 aromatic carbocycles. The second-order valence-electron chi connectivity index (χ2n) is 4.93. The van der Waals surface area contributed by atoms with Gasteiger partial charge in [-0.1, -0.05) is 12.1 Å². The number of rotatable bonds is 2. The summed E-state index contributed by atoms with van der Waals surface area (Å²) in [6.07, 6.45) is 1.42. The molecule has 104 valence electrons. The average molecular weight is 273 g/mol. The van der Waals surface area contributed by atoms with E-state index in [1.807, 2.05) is 13.0 Å². The van der Waals surface area contributed by atoms with E-state index in [1.54, 1.807) is 22.9 Å². The summed E-state index contributed by atoms with van der Waals surface area (Å²) in [7, 11) is 0.